The molecule has 2 heterocycles. The van der Waals surface area contributed by atoms with Crippen molar-refractivity contribution in [1.82, 2.24) is 0 Å². The van der Waals surface area contributed by atoms with Gasteiger partial charge in [0.15, 0.2) is 0 Å². The van der Waals surface area contributed by atoms with E-state index in [1.165, 1.54) is 10.5 Å². The lowest BCUT2D eigenvalue weighted by Gasteiger charge is -2.32. The van der Waals surface area contributed by atoms with Gasteiger partial charge in [-0.3, -0.25) is 9.59 Å². The molecule has 0 aliphatic carbocycles. The molecule has 0 saturated heterocycles. The van der Waals surface area contributed by atoms with E-state index < -0.39 is 0 Å². The van der Waals surface area contributed by atoms with E-state index in [1.807, 2.05) is 91.9 Å². The molecule has 2 amide bonds. The standard InChI is InChI=1S/C30H24N2O2/c1-20-15-17-23(18-16-20)27-28(31-19-7-11-22-9-3-5-13-25(22)31)30(34)32(29(27)33)26-14-6-10-21-8-2-4-12-24(21)26/h2-6,8-10,12-18H,7,11,19H2,1H3. The minimum atomic E-state index is -0.275. The second-order valence-electron chi connectivity index (χ2n) is 8.92. The molecule has 0 radical (unpaired) electrons. The molecule has 34 heavy (non-hydrogen) atoms. The van der Waals surface area contributed by atoms with E-state index in [0.717, 1.165) is 40.4 Å². The van der Waals surface area contributed by atoms with E-state index in [0.29, 0.717) is 23.5 Å². The molecule has 0 saturated carbocycles. The molecular weight excluding hydrogens is 420 g/mol. The number of hydrogen-bond acceptors (Lipinski definition) is 3. The molecular formula is C30H24N2O2. The Morgan fingerprint density at radius 1 is 0.706 bits per heavy atom. The van der Waals surface area contributed by atoms with Gasteiger partial charge in [-0.2, -0.15) is 0 Å². The van der Waals surface area contributed by atoms with E-state index in [2.05, 4.69) is 11.0 Å². The van der Waals surface area contributed by atoms with E-state index in [1.54, 1.807) is 0 Å². The average molecular weight is 445 g/mol. The first kappa shape index (κ1) is 20.4. The van der Waals surface area contributed by atoms with E-state index >= 15 is 0 Å². The van der Waals surface area contributed by atoms with Gasteiger partial charge in [0.2, 0.25) is 0 Å². The summed E-state index contributed by atoms with van der Waals surface area (Å²) in [6.45, 7) is 2.72. The number of amides is 2. The van der Waals surface area contributed by atoms with Crippen LogP contribution in [0.25, 0.3) is 16.3 Å². The molecule has 0 spiro atoms. The van der Waals surface area contributed by atoms with Crippen molar-refractivity contribution in [2.45, 2.75) is 19.8 Å². The number of aryl methyl sites for hydroxylation is 2. The van der Waals surface area contributed by atoms with Crippen molar-refractivity contribution >= 4 is 39.5 Å². The third kappa shape index (κ3) is 3.14. The maximum absolute atomic E-state index is 14.1. The summed E-state index contributed by atoms with van der Waals surface area (Å²) in [6, 6.07) is 29.7. The summed E-state index contributed by atoms with van der Waals surface area (Å²) in [6.07, 6.45) is 1.90. The SMILES string of the molecule is Cc1ccc(C2=C(N3CCCc4ccccc43)C(=O)N(c3cccc4ccccc34)C2=O)cc1. The number of fused-ring (bicyclic) bond motifs is 2. The predicted octanol–water partition coefficient (Wildman–Crippen LogP) is 5.89. The van der Waals surface area contributed by atoms with Crippen LogP contribution in [-0.4, -0.2) is 18.4 Å². The fourth-order valence-electron chi connectivity index (χ4n) is 5.14. The van der Waals surface area contributed by atoms with Gasteiger partial charge in [-0.05, 0) is 48.4 Å². The lowest BCUT2D eigenvalue weighted by molar-refractivity contribution is -0.120. The molecule has 4 heteroatoms. The van der Waals surface area contributed by atoms with Crippen LogP contribution in [-0.2, 0) is 16.0 Å². The highest BCUT2D eigenvalue weighted by molar-refractivity contribution is 6.47. The second kappa shape index (κ2) is 7.99. The number of imide groups is 1. The number of para-hydroxylation sites is 1. The van der Waals surface area contributed by atoms with Gasteiger partial charge in [0.05, 0.1) is 11.3 Å². The van der Waals surface area contributed by atoms with Crippen LogP contribution in [0.15, 0.2) is 96.7 Å². The summed E-state index contributed by atoms with van der Waals surface area (Å²) in [5.74, 6) is -0.545. The highest BCUT2D eigenvalue weighted by Gasteiger charge is 2.44. The van der Waals surface area contributed by atoms with Gasteiger partial charge in [-0.15, -0.1) is 0 Å². The number of benzene rings is 4. The first-order valence-corrected chi connectivity index (χ1v) is 11.7. The van der Waals surface area contributed by atoms with Crippen LogP contribution < -0.4 is 9.80 Å². The molecule has 0 unspecified atom stereocenters. The van der Waals surface area contributed by atoms with Crippen molar-refractivity contribution in [3.05, 3.63) is 113 Å². The zero-order valence-electron chi connectivity index (χ0n) is 19.0. The highest BCUT2D eigenvalue weighted by Crippen LogP contribution is 2.41. The normalized spacial score (nSPS) is 15.9. The summed E-state index contributed by atoms with van der Waals surface area (Å²) in [7, 11) is 0. The van der Waals surface area contributed by atoms with Crippen molar-refractivity contribution in [2.24, 2.45) is 0 Å². The average Bonchev–Trinajstić information content (AvgIpc) is 3.13. The molecule has 6 rings (SSSR count). The van der Waals surface area contributed by atoms with Crippen LogP contribution in [0.4, 0.5) is 11.4 Å². The molecule has 0 atom stereocenters. The van der Waals surface area contributed by atoms with Crippen LogP contribution in [0.2, 0.25) is 0 Å². The third-order valence-corrected chi connectivity index (χ3v) is 6.79. The molecule has 4 aromatic rings. The van der Waals surface area contributed by atoms with E-state index in [-0.39, 0.29) is 11.8 Å². The van der Waals surface area contributed by atoms with Gasteiger partial charge in [0.1, 0.15) is 5.70 Å². The van der Waals surface area contributed by atoms with Crippen LogP contribution in [0.3, 0.4) is 0 Å². The number of carbonyl (C=O) groups is 2. The Balaban J connectivity index is 1.57. The molecule has 2 aliphatic heterocycles. The van der Waals surface area contributed by atoms with Gasteiger partial charge in [-0.1, -0.05) is 84.4 Å². The Hall–Kier alpha value is -4.18. The Morgan fingerprint density at radius 3 is 2.26 bits per heavy atom. The number of hydrogen-bond donors (Lipinski definition) is 0. The van der Waals surface area contributed by atoms with Gasteiger partial charge >= 0.3 is 0 Å². The summed E-state index contributed by atoms with van der Waals surface area (Å²) >= 11 is 0. The Labute approximate surface area is 198 Å². The zero-order valence-corrected chi connectivity index (χ0v) is 19.0. The largest absolute Gasteiger partial charge is 0.336 e. The van der Waals surface area contributed by atoms with Crippen LogP contribution in [0, 0.1) is 6.92 Å². The predicted molar refractivity (Wildman–Crippen MR) is 137 cm³/mol. The van der Waals surface area contributed by atoms with Crippen LogP contribution >= 0.6 is 0 Å². The fourth-order valence-corrected chi connectivity index (χ4v) is 5.14. The topological polar surface area (TPSA) is 40.6 Å². The molecule has 0 aromatic heterocycles. The van der Waals surface area contributed by atoms with Crippen molar-refractivity contribution < 1.29 is 9.59 Å². The maximum atomic E-state index is 14.1. The second-order valence-corrected chi connectivity index (χ2v) is 8.92. The zero-order chi connectivity index (χ0) is 23.2. The van der Waals surface area contributed by atoms with Gasteiger partial charge in [-0.25, -0.2) is 4.90 Å². The Bertz CT molecular complexity index is 1480. The quantitative estimate of drug-likeness (QED) is 0.370. The molecule has 2 aliphatic rings. The van der Waals surface area contributed by atoms with E-state index in [4.69, 9.17) is 0 Å². The van der Waals surface area contributed by atoms with Crippen molar-refractivity contribution in [1.29, 1.82) is 0 Å². The summed E-state index contributed by atoms with van der Waals surface area (Å²) in [5.41, 5.74) is 5.64. The van der Waals surface area contributed by atoms with Crippen molar-refractivity contribution in [3.8, 4) is 0 Å². The number of rotatable bonds is 3. The Morgan fingerprint density at radius 2 is 1.41 bits per heavy atom. The number of nitrogens with zero attached hydrogens (tertiary/aromatic N) is 2. The molecule has 0 bridgehead atoms. The van der Waals surface area contributed by atoms with Crippen LogP contribution in [0.1, 0.15) is 23.1 Å². The molecule has 4 nitrogen and oxygen atoms in total. The van der Waals surface area contributed by atoms with Crippen molar-refractivity contribution in [3.63, 3.8) is 0 Å². The minimum Gasteiger partial charge on any atom is -0.336 e. The minimum absolute atomic E-state index is 0.270. The lowest BCUT2D eigenvalue weighted by atomic mass is 9.98. The van der Waals surface area contributed by atoms with Crippen LogP contribution in [0.5, 0.6) is 0 Å². The third-order valence-electron chi connectivity index (χ3n) is 6.79. The Kier molecular flexibility index (Phi) is 4.80. The first-order valence-electron chi connectivity index (χ1n) is 11.7. The van der Waals surface area contributed by atoms with Gasteiger partial charge < -0.3 is 4.90 Å². The molecule has 0 fully saturated rings. The van der Waals surface area contributed by atoms with E-state index in [9.17, 15) is 9.59 Å². The maximum Gasteiger partial charge on any atom is 0.282 e. The number of carbonyl (C=O) groups excluding carboxylic acids is 2. The summed E-state index contributed by atoms with van der Waals surface area (Å²) in [5, 5.41) is 1.88. The molecule has 166 valence electrons. The summed E-state index contributed by atoms with van der Waals surface area (Å²) in [4.78, 5) is 31.6. The molecule has 4 aromatic carbocycles. The lowest BCUT2D eigenvalue weighted by Crippen LogP contribution is -2.37. The fraction of sp³-hybridized carbons (Fsp3) is 0.133. The summed E-state index contributed by atoms with van der Waals surface area (Å²) < 4.78 is 0. The number of anilines is 2. The molecule has 0 N–H and O–H groups in total. The smallest absolute Gasteiger partial charge is 0.282 e. The first-order chi connectivity index (χ1) is 16.6. The monoisotopic (exact) mass is 444 g/mol. The van der Waals surface area contributed by atoms with Gasteiger partial charge in [0, 0.05) is 17.6 Å². The van der Waals surface area contributed by atoms with Gasteiger partial charge in [0.25, 0.3) is 11.8 Å². The van der Waals surface area contributed by atoms with Crippen molar-refractivity contribution in [2.75, 3.05) is 16.3 Å². The highest BCUT2D eigenvalue weighted by atomic mass is 16.2.